The molecule has 5 aliphatic heterocycles. The highest BCUT2D eigenvalue weighted by Gasteiger charge is 2.52. The predicted octanol–water partition coefficient (Wildman–Crippen LogP) is 5.73. The molecular weight excluding hydrogens is 1010 g/mol. The van der Waals surface area contributed by atoms with Crippen molar-refractivity contribution in [3.8, 4) is 11.1 Å². The minimum atomic E-state index is -0.641. The molecule has 7 heterocycles. The minimum Gasteiger partial charge on any atom is -0.399 e. The van der Waals surface area contributed by atoms with E-state index in [4.69, 9.17) is 9.31 Å². The molecule has 0 spiro atoms. The summed E-state index contributed by atoms with van der Waals surface area (Å²) in [7, 11) is -0.500. The highest BCUT2D eigenvalue weighted by atomic mass is 79.9. The summed E-state index contributed by atoms with van der Waals surface area (Å²) in [4.78, 5) is 100. The molecule has 3 saturated heterocycles. The number of aromatic nitrogens is 2. The van der Waals surface area contributed by atoms with Gasteiger partial charge in [0.1, 0.15) is 12.1 Å². The van der Waals surface area contributed by atoms with Crippen LogP contribution < -0.4 is 27.2 Å². The number of imide groups is 2. The summed E-state index contributed by atoms with van der Waals surface area (Å²) in [6.07, 6.45) is 4.72. The minimum absolute atomic E-state index is 0.00762. The van der Waals surface area contributed by atoms with Crippen molar-refractivity contribution in [2.45, 2.75) is 103 Å². The van der Waals surface area contributed by atoms with Crippen LogP contribution in [-0.2, 0) is 54.7 Å². The molecular formula is C56H54BBrN6O10. The largest absolute Gasteiger partial charge is 0.494 e. The fraction of sp³-hybridized carbons (Fsp3) is 0.286. The lowest BCUT2D eigenvalue weighted by Crippen LogP contribution is -2.52. The van der Waals surface area contributed by atoms with E-state index in [-0.39, 0.29) is 47.6 Å². The highest BCUT2D eigenvalue weighted by Crippen LogP contribution is 2.37. The molecule has 5 aliphatic rings. The molecule has 0 aliphatic carbocycles. The van der Waals surface area contributed by atoms with Crippen LogP contribution in [0.25, 0.3) is 11.1 Å². The summed E-state index contributed by atoms with van der Waals surface area (Å²) in [5, 5.41) is 4.63. The number of carbonyl (C=O) groups excluding carboxylic acids is 6. The molecule has 3 fully saturated rings. The lowest BCUT2D eigenvalue weighted by atomic mass is 9.78. The number of benzene rings is 4. The molecule has 16 nitrogen and oxygen atoms in total. The molecule has 2 atom stereocenters. The first-order chi connectivity index (χ1) is 35.3. The number of nitrogens with one attached hydrogen (secondary N) is 2. The SMILES string of the molecule is CC1(C)OB(c2ccc3c(c2)CN(C2CCC(=O)NC2=O)C3=O)OC1(C)C.O=C1CCC(N2Cc3cc(-c4ccn(Cc5ccccc5)c(=O)c4)ccc3C2=O)C(=O)N1.O=c1cc(Br)ccn1Cc1ccccc1. The third-order valence-electron chi connectivity index (χ3n) is 14.3. The Bertz CT molecular complexity index is 3310. The summed E-state index contributed by atoms with van der Waals surface area (Å²) >= 11 is 3.27. The van der Waals surface area contributed by atoms with Gasteiger partial charge in [-0.3, -0.25) is 49.0 Å². The third-order valence-corrected chi connectivity index (χ3v) is 14.8. The maximum atomic E-state index is 12.9. The molecule has 0 saturated carbocycles. The first-order valence-electron chi connectivity index (χ1n) is 24.4. The van der Waals surface area contributed by atoms with Gasteiger partial charge in [0.05, 0.1) is 24.3 Å². The van der Waals surface area contributed by atoms with Gasteiger partial charge in [0.2, 0.25) is 23.6 Å². The van der Waals surface area contributed by atoms with Crippen molar-refractivity contribution in [2.75, 3.05) is 0 Å². The Morgan fingerprint density at radius 1 is 0.554 bits per heavy atom. The number of pyridine rings is 2. The second-order valence-electron chi connectivity index (χ2n) is 19.8. The standard InChI is InChI=1S/C25H21N3O4.C19H23BN2O5.C12H10BrNO/c29-22-9-8-21(24(31)26-22)28-15-19-12-17(6-7-20(19)25(28)32)18-10-11-27(23(30)13-18)14-16-4-2-1-3-5-16;1-18(2)19(3,4)27-20(26-18)12-5-6-13-11(9-12)10-22(17(13)25)14-7-8-15(23)21-16(14)24;13-11-6-7-14(12(15)8-11)9-10-4-2-1-3-5-10/h1-7,10-13,21H,8-9,14-15H2,(H,26,29,31);5-6,9,14H,7-8,10H2,1-4H3,(H,21,23,24);1-8H,9H2. The van der Waals surface area contributed by atoms with Crippen LogP contribution in [0.15, 0.2) is 148 Å². The van der Waals surface area contributed by atoms with E-state index >= 15 is 0 Å². The molecule has 74 heavy (non-hydrogen) atoms. The molecule has 4 aromatic carbocycles. The molecule has 6 amide bonds. The van der Waals surface area contributed by atoms with Crippen LogP contribution in [-0.4, -0.2) is 84.8 Å². The van der Waals surface area contributed by atoms with Gasteiger partial charge in [-0.05, 0) is 110 Å². The number of amides is 6. The van der Waals surface area contributed by atoms with E-state index in [1.807, 2.05) is 125 Å². The van der Waals surface area contributed by atoms with Gasteiger partial charge in [-0.15, -0.1) is 0 Å². The smallest absolute Gasteiger partial charge is 0.399 e. The average molecular weight is 1060 g/mol. The van der Waals surface area contributed by atoms with Crippen LogP contribution >= 0.6 is 15.9 Å². The van der Waals surface area contributed by atoms with Crippen LogP contribution in [0.1, 0.15) is 96.3 Å². The molecule has 2 N–H and O–H groups in total. The van der Waals surface area contributed by atoms with Gasteiger partial charge in [0, 0.05) is 66.1 Å². The second kappa shape index (κ2) is 21.1. The summed E-state index contributed by atoms with van der Waals surface area (Å²) in [6, 6.07) is 36.4. The monoisotopic (exact) mass is 1060 g/mol. The second-order valence-corrected chi connectivity index (χ2v) is 20.8. The van der Waals surface area contributed by atoms with Gasteiger partial charge in [-0.2, -0.15) is 0 Å². The molecule has 0 bridgehead atoms. The molecule has 2 unspecified atom stereocenters. The van der Waals surface area contributed by atoms with E-state index < -0.39 is 42.2 Å². The fourth-order valence-corrected chi connectivity index (χ4v) is 9.78. The van der Waals surface area contributed by atoms with Crippen molar-refractivity contribution in [1.82, 2.24) is 29.6 Å². The maximum Gasteiger partial charge on any atom is 0.494 e. The molecule has 0 radical (unpaired) electrons. The number of fused-ring (bicyclic) bond motifs is 2. The van der Waals surface area contributed by atoms with Gasteiger partial charge in [0.25, 0.3) is 22.9 Å². The van der Waals surface area contributed by atoms with E-state index in [1.165, 1.54) is 4.90 Å². The molecule has 378 valence electrons. The topological polar surface area (TPSA) is 195 Å². The van der Waals surface area contributed by atoms with Crippen molar-refractivity contribution in [3.05, 3.63) is 192 Å². The van der Waals surface area contributed by atoms with Gasteiger partial charge in [-0.25, -0.2) is 0 Å². The summed E-state index contributed by atoms with van der Waals surface area (Å²) in [5.74, 6) is -1.81. The van der Waals surface area contributed by atoms with Gasteiger partial charge < -0.3 is 28.2 Å². The number of hydrogen-bond acceptors (Lipinski definition) is 10. The number of nitrogens with zero attached hydrogens (tertiary/aromatic N) is 4. The predicted molar refractivity (Wildman–Crippen MR) is 280 cm³/mol. The number of halogens is 1. The normalized spacial score (nSPS) is 19.4. The highest BCUT2D eigenvalue weighted by molar-refractivity contribution is 9.10. The molecule has 6 aromatic rings. The Morgan fingerprint density at radius 3 is 1.50 bits per heavy atom. The van der Waals surface area contributed by atoms with Crippen molar-refractivity contribution in [3.63, 3.8) is 0 Å². The van der Waals surface area contributed by atoms with Crippen molar-refractivity contribution < 1.29 is 38.1 Å². The Morgan fingerprint density at radius 2 is 1.01 bits per heavy atom. The molecule has 2 aromatic heterocycles. The Balaban J connectivity index is 0.000000145. The van der Waals surface area contributed by atoms with Gasteiger partial charge in [-0.1, -0.05) is 94.8 Å². The van der Waals surface area contributed by atoms with Crippen molar-refractivity contribution in [1.29, 1.82) is 0 Å². The van der Waals surface area contributed by atoms with E-state index in [0.717, 1.165) is 43.3 Å². The third kappa shape index (κ3) is 11.0. The maximum absolute atomic E-state index is 12.9. The summed E-state index contributed by atoms with van der Waals surface area (Å²) < 4.78 is 16.3. The van der Waals surface area contributed by atoms with E-state index in [0.29, 0.717) is 50.1 Å². The first-order valence-corrected chi connectivity index (χ1v) is 25.2. The van der Waals surface area contributed by atoms with E-state index in [9.17, 15) is 38.4 Å². The molecule has 11 rings (SSSR count). The quantitative estimate of drug-likeness (QED) is 0.140. The number of hydrogen-bond donors (Lipinski definition) is 2. The van der Waals surface area contributed by atoms with Crippen molar-refractivity contribution in [2.24, 2.45) is 0 Å². The zero-order chi connectivity index (χ0) is 52.5. The van der Waals surface area contributed by atoms with Crippen molar-refractivity contribution >= 4 is 64.0 Å². The average Bonchev–Trinajstić information content (AvgIpc) is 3.95. The zero-order valence-electron chi connectivity index (χ0n) is 41.3. The lowest BCUT2D eigenvalue weighted by molar-refractivity contribution is -0.138. The number of rotatable bonds is 8. The van der Waals surface area contributed by atoms with Crippen LogP contribution in [0, 0.1) is 0 Å². The summed E-state index contributed by atoms with van der Waals surface area (Å²) in [5.41, 5.74) is 6.45. The first kappa shape index (κ1) is 51.4. The van der Waals surface area contributed by atoms with Gasteiger partial charge in [0.15, 0.2) is 0 Å². The van der Waals surface area contributed by atoms with Crippen LogP contribution in [0.2, 0.25) is 0 Å². The Hall–Kier alpha value is -7.54. The van der Waals surface area contributed by atoms with Gasteiger partial charge >= 0.3 is 7.12 Å². The number of piperidine rings is 2. The number of carbonyl (C=O) groups is 6. The molecule has 18 heteroatoms. The Labute approximate surface area is 435 Å². The lowest BCUT2D eigenvalue weighted by Gasteiger charge is -2.32. The zero-order valence-corrected chi connectivity index (χ0v) is 42.9. The van der Waals surface area contributed by atoms with E-state index in [1.54, 1.807) is 50.7 Å². The van der Waals surface area contributed by atoms with Crippen LogP contribution in [0.3, 0.4) is 0 Å². The Kier molecular flexibility index (Phi) is 14.7. The van der Waals surface area contributed by atoms with E-state index in [2.05, 4.69) is 26.6 Å². The van der Waals surface area contributed by atoms with Crippen LogP contribution in [0.5, 0.6) is 0 Å². The summed E-state index contributed by atoms with van der Waals surface area (Å²) in [6.45, 7) is 9.74. The fourth-order valence-electron chi connectivity index (χ4n) is 9.47. The van der Waals surface area contributed by atoms with Crippen LogP contribution in [0.4, 0.5) is 0 Å².